The molecule has 0 bridgehead atoms. The van der Waals surface area contributed by atoms with Crippen molar-refractivity contribution in [3.63, 3.8) is 0 Å². The minimum atomic E-state index is -3.75. The first-order valence-corrected chi connectivity index (χ1v) is 12.8. The van der Waals surface area contributed by atoms with Crippen molar-refractivity contribution in [2.75, 3.05) is 0 Å². The Kier molecular flexibility index (Phi) is 17.0. The van der Waals surface area contributed by atoms with Gasteiger partial charge in [-0.25, -0.2) is 0 Å². The molecular weight excluding hydrogens is 364 g/mol. The molecule has 1 N–H and O–H groups in total. The van der Waals surface area contributed by atoms with Crippen LogP contribution < -0.4 is 0 Å². The molecule has 0 amide bonds. The zero-order valence-corrected chi connectivity index (χ0v) is 19.2. The molecule has 0 heterocycles. The third-order valence-electron chi connectivity index (χ3n) is 5.09. The van der Waals surface area contributed by atoms with Crippen LogP contribution in [0.25, 0.3) is 0 Å². The summed E-state index contributed by atoms with van der Waals surface area (Å²) in [5.74, 6) is 0.271. The van der Waals surface area contributed by atoms with Gasteiger partial charge in [0, 0.05) is 0 Å². The topological polar surface area (TPSA) is 63.6 Å². The molecular formula is C21H42O4Ti. The van der Waals surface area contributed by atoms with E-state index in [1.165, 1.54) is 64.2 Å². The van der Waals surface area contributed by atoms with E-state index >= 15 is 0 Å². The van der Waals surface area contributed by atoms with Crippen molar-refractivity contribution in [1.29, 1.82) is 0 Å². The Morgan fingerprint density at radius 1 is 0.769 bits per heavy atom. The summed E-state index contributed by atoms with van der Waals surface area (Å²) in [7, 11) is 0. The molecule has 0 aromatic rings. The summed E-state index contributed by atoms with van der Waals surface area (Å²) < 4.78 is 24.1. The van der Waals surface area contributed by atoms with Gasteiger partial charge < -0.3 is 0 Å². The van der Waals surface area contributed by atoms with Crippen LogP contribution in [-0.2, 0) is 30.1 Å². The predicted molar refractivity (Wildman–Crippen MR) is 102 cm³/mol. The summed E-state index contributed by atoms with van der Waals surface area (Å²) in [5.41, 5.74) is 0. The second-order valence-electron chi connectivity index (χ2n) is 8.40. The van der Waals surface area contributed by atoms with Crippen LogP contribution in [0.15, 0.2) is 0 Å². The number of hydrogen-bond acceptors (Lipinski definition) is 3. The molecule has 0 rings (SSSR count). The van der Waals surface area contributed by atoms with Crippen molar-refractivity contribution >= 4 is 5.97 Å². The standard InChI is InChI=1S/C21H42O2.H2O.O.Ti/c1-18(2)16-14-12-10-8-6-5-7-9-11-13-15-17-20(19(3)4)21(22)23;;;/h18-20H,5-17H2,1-4H3,(H,22,23);1H2;;/q;;;+2/p-2. The van der Waals surface area contributed by atoms with E-state index in [1.54, 1.807) is 0 Å². The molecule has 0 spiro atoms. The third kappa shape index (κ3) is 16.1. The normalized spacial score (nSPS) is 12.6. The quantitative estimate of drug-likeness (QED) is 0.227. The van der Waals surface area contributed by atoms with Crippen LogP contribution >= 0.6 is 0 Å². The van der Waals surface area contributed by atoms with E-state index in [1.807, 2.05) is 13.8 Å². The molecule has 0 aliphatic heterocycles. The van der Waals surface area contributed by atoms with Gasteiger partial charge in [-0.2, -0.15) is 0 Å². The van der Waals surface area contributed by atoms with Crippen LogP contribution in [0.3, 0.4) is 0 Å². The Morgan fingerprint density at radius 3 is 1.50 bits per heavy atom. The molecule has 0 aliphatic rings. The Bertz CT molecular complexity index is 369. The fourth-order valence-electron chi connectivity index (χ4n) is 3.39. The Balaban J connectivity index is 3.51. The number of rotatable bonds is 17. The van der Waals surface area contributed by atoms with E-state index in [2.05, 4.69) is 17.2 Å². The van der Waals surface area contributed by atoms with Crippen molar-refractivity contribution in [2.45, 2.75) is 111 Å². The van der Waals surface area contributed by atoms with Gasteiger partial charge in [-0.15, -0.1) is 0 Å². The monoisotopic (exact) mass is 406 g/mol. The van der Waals surface area contributed by atoms with Gasteiger partial charge in [0.15, 0.2) is 0 Å². The van der Waals surface area contributed by atoms with E-state index in [4.69, 9.17) is 3.69 Å². The van der Waals surface area contributed by atoms with Crippen LogP contribution in [-0.4, -0.2) is 9.66 Å². The molecule has 0 fully saturated rings. The Labute approximate surface area is 168 Å². The molecule has 5 heteroatoms. The molecule has 1 unspecified atom stereocenters. The summed E-state index contributed by atoms with van der Waals surface area (Å²) >= 11 is -3.75. The first-order chi connectivity index (χ1) is 12.3. The van der Waals surface area contributed by atoms with Crippen molar-refractivity contribution in [1.82, 2.24) is 0 Å². The summed E-state index contributed by atoms with van der Waals surface area (Å²) in [6, 6.07) is 0. The number of carbonyl (C=O) groups excluding carboxylic acids is 1. The second-order valence-corrected chi connectivity index (χ2v) is 9.55. The SMILES string of the molecule is CC(C)CCCCCCCCCCCCCC(C(=O)[O][Ti](=[O])[OH])C(C)C. The van der Waals surface area contributed by atoms with Crippen molar-refractivity contribution in [2.24, 2.45) is 17.8 Å². The molecule has 154 valence electrons. The fourth-order valence-corrected chi connectivity index (χ4v) is 3.90. The van der Waals surface area contributed by atoms with Crippen LogP contribution in [0.4, 0.5) is 0 Å². The predicted octanol–water partition coefficient (Wildman–Crippen LogP) is 6.32. The summed E-state index contributed by atoms with van der Waals surface area (Å²) in [4.78, 5) is 11.8. The van der Waals surface area contributed by atoms with Crippen molar-refractivity contribution < 1.29 is 33.7 Å². The molecule has 0 saturated heterocycles. The molecule has 4 nitrogen and oxygen atoms in total. The van der Waals surface area contributed by atoms with Gasteiger partial charge in [-0.1, -0.05) is 39.5 Å². The molecule has 0 saturated carbocycles. The number of unbranched alkanes of at least 4 members (excludes halogenated alkanes) is 10. The van der Waals surface area contributed by atoms with E-state index in [0.29, 0.717) is 0 Å². The van der Waals surface area contributed by atoms with Gasteiger partial charge in [0.1, 0.15) is 0 Å². The first kappa shape index (κ1) is 25.9. The van der Waals surface area contributed by atoms with Crippen LogP contribution in [0.1, 0.15) is 111 Å². The van der Waals surface area contributed by atoms with Gasteiger partial charge >= 0.3 is 123 Å². The Hall–Kier alpha value is -0.0557. The van der Waals surface area contributed by atoms with E-state index in [9.17, 15) is 8.12 Å². The van der Waals surface area contributed by atoms with Crippen LogP contribution in [0, 0.1) is 17.8 Å². The van der Waals surface area contributed by atoms with Gasteiger partial charge in [0.2, 0.25) is 0 Å². The van der Waals surface area contributed by atoms with Crippen LogP contribution in [0.5, 0.6) is 0 Å². The maximum atomic E-state index is 11.8. The van der Waals surface area contributed by atoms with Crippen molar-refractivity contribution in [3.05, 3.63) is 0 Å². The molecule has 0 aromatic carbocycles. The Morgan fingerprint density at radius 2 is 1.15 bits per heavy atom. The number of hydrogen-bond donors (Lipinski definition) is 1. The van der Waals surface area contributed by atoms with Gasteiger partial charge in [-0.05, 0) is 5.92 Å². The minimum absolute atomic E-state index is 0.153. The zero-order valence-electron chi connectivity index (χ0n) is 17.6. The average molecular weight is 406 g/mol. The van der Waals surface area contributed by atoms with E-state index in [-0.39, 0.29) is 11.8 Å². The van der Waals surface area contributed by atoms with Crippen LogP contribution in [0.2, 0.25) is 0 Å². The summed E-state index contributed by atoms with van der Waals surface area (Å²) in [6.45, 7) is 8.54. The molecule has 0 aromatic heterocycles. The van der Waals surface area contributed by atoms with Gasteiger partial charge in [0.25, 0.3) is 0 Å². The molecule has 26 heavy (non-hydrogen) atoms. The third-order valence-corrected chi connectivity index (χ3v) is 5.68. The van der Waals surface area contributed by atoms with Gasteiger partial charge in [-0.3, -0.25) is 0 Å². The van der Waals surface area contributed by atoms with Crippen molar-refractivity contribution in [3.8, 4) is 0 Å². The molecule has 1 atom stereocenters. The van der Waals surface area contributed by atoms with E-state index in [0.717, 1.165) is 25.2 Å². The fraction of sp³-hybridized carbons (Fsp3) is 0.952. The summed E-state index contributed by atoms with van der Waals surface area (Å²) in [6.07, 6.45) is 16.3. The molecule has 0 aliphatic carbocycles. The number of carbonyl (C=O) groups is 1. The van der Waals surface area contributed by atoms with E-state index < -0.39 is 24.6 Å². The molecule has 0 radical (unpaired) electrons. The summed E-state index contributed by atoms with van der Waals surface area (Å²) in [5, 5.41) is 0. The first-order valence-electron chi connectivity index (χ1n) is 10.8. The van der Waals surface area contributed by atoms with Gasteiger partial charge in [0.05, 0.1) is 0 Å². The zero-order chi connectivity index (χ0) is 19.8. The second kappa shape index (κ2) is 17.1. The average Bonchev–Trinajstić information content (AvgIpc) is 2.53. The maximum absolute atomic E-state index is 11.8.